The third kappa shape index (κ3) is 5.15. The SMILES string of the molecule is C[C@H]1CN(Cc2nc(Nc3ccc(Cl)cc3)c3ccc(-c4ncccc4Cl)cc3n2)C[C@H](C)O1. The van der Waals surface area contributed by atoms with Crippen molar-refractivity contribution in [3.8, 4) is 11.3 Å². The molecule has 1 saturated heterocycles. The minimum Gasteiger partial charge on any atom is -0.373 e. The predicted molar refractivity (Wildman–Crippen MR) is 138 cm³/mol. The molecule has 2 atom stereocenters. The molecule has 1 aliphatic rings. The lowest BCUT2D eigenvalue weighted by atomic mass is 10.1. The molecular formula is C26H25Cl2N5O. The lowest BCUT2D eigenvalue weighted by Gasteiger charge is -2.34. The number of benzene rings is 2. The van der Waals surface area contributed by atoms with Gasteiger partial charge in [-0.05, 0) is 62.4 Å². The Morgan fingerprint density at radius 1 is 1.00 bits per heavy atom. The molecule has 0 spiro atoms. The van der Waals surface area contributed by atoms with Gasteiger partial charge in [0.1, 0.15) is 11.6 Å². The van der Waals surface area contributed by atoms with Gasteiger partial charge >= 0.3 is 0 Å². The van der Waals surface area contributed by atoms with Crippen LogP contribution >= 0.6 is 23.2 Å². The van der Waals surface area contributed by atoms with Crippen molar-refractivity contribution in [2.45, 2.75) is 32.6 Å². The maximum atomic E-state index is 6.41. The number of anilines is 2. The largest absolute Gasteiger partial charge is 0.373 e. The highest BCUT2D eigenvalue weighted by molar-refractivity contribution is 6.33. The first kappa shape index (κ1) is 23.0. The first-order valence-electron chi connectivity index (χ1n) is 11.3. The molecule has 2 aromatic carbocycles. The van der Waals surface area contributed by atoms with Crippen molar-refractivity contribution < 1.29 is 4.74 Å². The maximum absolute atomic E-state index is 6.41. The van der Waals surface area contributed by atoms with Crippen LogP contribution in [-0.4, -0.2) is 45.1 Å². The van der Waals surface area contributed by atoms with Crippen molar-refractivity contribution in [2.24, 2.45) is 0 Å². The molecule has 5 rings (SSSR count). The molecule has 0 amide bonds. The zero-order chi connectivity index (χ0) is 23.7. The number of pyridine rings is 1. The molecule has 0 radical (unpaired) electrons. The van der Waals surface area contributed by atoms with Crippen molar-refractivity contribution in [1.82, 2.24) is 19.9 Å². The van der Waals surface area contributed by atoms with Crippen molar-refractivity contribution >= 4 is 45.6 Å². The number of fused-ring (bicyclic) bond motifs is 1. The molecule has 3 heterocycles. The van der Waals surface area contributed by atoms with Gasteiger partial charge in [-0.25, -0.2) is 9.97 Å². The molecule has 34 heavy (non-hydrogen) atoms. The number of hydrogen-bond donors (Lipinski definition) is 1. The molecule has 174 valence electrons. The highest BCUT2D eigenvalue weighted by Crippen LogP contribution is 2.31. The van der Waals surface area contributed by atoms with Gasteiger partial charge in [-0.1, -0.05) is 29.3 Å². The van der Waals surface area contributed by atoms with Crippen LogP contribution in [0.15, 0.2) is 60.8 Å². The van der Waals surface area contributed by atoms with E-state index in [9.17, 15) is 0 Å². The molecule has 4 aromatic rings. The summed E-state index contributed by atoms with van der Waals surface area (Å²) in [4.78, 5) is 16.6. The summed E-state index contributed by atoms with van der Waals surface area (Å²) >= 11 is 12.5. The molecule has 1 N–H and O–H groups in total. The second-order valence-electron chi connectivity index (χ2n) is 8.64. The molecule has 0 saturated carbocycles. The number of ether oxygens (including phenoxy) is 1. The number of aromatic nitrogens is 3. The van der Waals surface area contributed by atoms with Crippen LogP contribution in [0.2, 0.25) is 10.0 Å². The molecular weight excluding hydrogens is 469 g/mol. The summed E-state index contributed by atoms with van der Waals surface area (Å²) < 4.78 is 5.89. The van der Waals surface area contributed by atoms with Crippen LogP contribution in [0.1, 0.15) is 19.7 Å². The van der Waals surface area contributed by atoms with Gasteiger partial charge in [-0.2, -0.15) is 0 Å². The van der Waals surface area contributed by atoms with E-state index in [0.29, 0.717) is 16.6 Å². The van der Waals surface area contributed by atoms with Gasteiger partial charge in [0.2, 0.25) is 0 Å². The zero-order valence-electron chi connectivity index (χ0n) is 19.0. The fourth-order valence-corrected chi connectivity index (χ4v) is 4.73. The highest BCUT2D eigenvalue weighted by Gasteiger charge is 2.23. The van der Waals surface area contributed by atoms with Crippen molar-refractivity contribution in [1.29, 1.82) is 0 Å². The first-order chi connectivity index (χ1) is 16.4. The van der Waals surface area contributed by atoms with E-state index in [-0.39, 0.29) is 12.2 Å². The topological polar surface area (TPSA) is 63.2 Å². The van der Waals surface area contributed by atoms with E-state index < -0.39 is 0 Å². The summed E-state index contributed by atoms with van der Waals surface area (Å²) in [6.45, 7) is 6.52. The molecule has 6 nitrogen and oxygen atoms in total. The summed E-state index contributed by atoms with van der Waals surface area (Å²) in [6.07, 6.45) is 2.09. The number of nitrogens with one attached hydrogen (secondary N) is 1. The minimum atomic E-state index is 0.175. The fraction of sp³-hybridized carbons (Fsp3) is 0.269. The molecule has 1 aliphatic heterocycles. The Morgan fingerprint density at radius 3 is 2.50 bits per heavy atom. The van der Waals surface area contributed by atoms with Crippen molar-refractivity contribution in [3.63, 3.8) is 0 Å². The third-order valence-electron chi connectivity index (χ3n) is 5.74. The Balaban J connectivity index is 1.56. The smallest absolute Gasteiger partial charge is 0.145 e. The Labute approximate surface area is 208 Å². The number of rotatable bonds is 5. The predicted octanol–water partition coefficient (Wildman–Crippen LogP) is 6.35. The first-order valence-corrected chi connectivity index (χ1v) is 12.0. The lowest BCUT2D eigenvalue weighted by molar-refractivity contribution is -0.0710. The van der Waals surface area contributed by atoms with Gasteiger partial charge in [0.05, 0.1) is 35.0 Å². The monoisotopic (exact) mass is 493 g/mol. The molecule has 1 fully saturated rings. The van der Waals surface area contributed by atoms with Crippen molar-refractivity contribution in [2.75, 3.05) is 18.4 Å². The molecule has 0 aliphatic carbocycles. The van der Waals surface area contributed by atoms with Crippen LogP contribution in [0.3, 0.4) is 0 Å². The van der Waals surface area contributed by atoms with Gasteiger partial charge in [-0.3, -0.25) is 9.88 Å². The second-order valence-corrected chi connectivity index (χ2v) is 9.48. The summed E-state index contributed by atoms with van der Waals surface area (Å²) in [5.41, 5.74) is 3.37. The molecule has 0 bridgehead atoms. The summed E-state index contributed by atoms with van der Waals surface area (Å²) in [7, 11) is 0. The van der Waals surface area contributed by atoms with Crippen LogP contribution in [0.25, 0.3) is 22.2 Å². The van der Waals surface area contributed by atoms with E-state index in [4.69, 9.17) is 37.9 Å². The van der Waals surface area contributed by atoms with Gasteiger partial charge in [-0.15, -0.1) is 0 Å². The summed E-state index contributed by atoms with van der Waals surface area (Å²) in [5, 5.41) is 5.65. The van der Waals surface area contributed by atoms with Crippen LogP contribution in [0.4, 0.5) is 11.5 Å². The fourth-order valence-electron chi connectivity index (χ4n) is 4.37. The van der Waals surface area contributed by atoms with Crippen molar-refractivity contribution in [3.05, 3.63) is 76.7 Å². The van der Waals surface area contributed by atoms with E-state index in [1.165, 1.54) is 0 Å². The normalized spacial score (nSPS) is 18.8. The Morgan fingerprint density at radius 2 is 1.76 bits per heavy atom. The molecule has 2 aromatic heterocycles. The van der Waals surface area contributed by atoms with Crippen LogP contribution in [0, 0.1) is 0 Å². The zero-order valence-corrected chi connectivity index (χ0v) is 20.5. The average molecular weight is 494 g/mol. The number of hydrogen-bond acceptors (Lipinski definition) is 6. The number of morpholine rings is 1. The Hall–Kier alpha value is -2.77. The maximum Gasteiger partial charge on any atom is 0.145 e. The lowest BCUT2D eigenvalue weighted by Crippen LogP contribution is -2.45. The highest BCUT2D eigenvalue weighted by atomic mass is 35.5. The number of halogens is 2. The standard InChI is InChI=1S/C26H25Cl2N5O/c1-16-13-33(14-17(2)34-16)15-24-31-23-12-18(25-22(28)4-3-11-29-25)5-10-21(23)26(32-24)30-20-8-6-19(27)7-9-20/h3-12,16-17H,13-15H2,1-2H3,(H,30,31,32)/t16-,17-/m0/s1. The third-order valence-corrected chi connectivity index (χ3v) is 6.30. The summed E-state index contributed by atoms with van der Waals surface area (Å²) in [6, 6.07) is 17.3. The van der Waals surface area contributed by atoms with Crippen LogP contribution in [0.5, 0.6) is 0 Å². The summed E-state index contributed by atoms with van der Waals surface area (Å²) in [5.74, 6) is 1.49. The Bertz CT molecular complexity index is 1300. The van der Waals surface area contributed by atoms with E-state index in [1.807, 2.05) is 54.6 Å². The second kappa shape index (κ2) is 9.84. The van der Waals surface area contributed by atoms with Gasteiger partial charge < -0.3 is 10.1 Å². The minimum absolute atomic E-state index is 0.175. The van der Waals surface area contributed by atoms with E-state index in [2.05, 4.69) is 29.0 Å². The van der Waals surface area contributed by atoms with E-state index in [0.717, 1.165) is 52.6 Å². The molecule has 8 heteroatoms. The number of nitrogens with zero attached hydrogens (tertiary/aromatic N) is 4. The van der Waals surface area contributed by atoms with E-state index >= 15 is 0 Å². The molecule has 0 unspecified atom stereocenters. The van der Waals surface area contributed by atoms with Gasteiger partial charge in [0.25, 0.3) is 0 Å². The van der Waals surface area contributed by atoms with Gasteiger partial charge in [0.15, 0.2) is 0 Å². The Kier molecular flexibility index (Phi) is 6.66. The van der Waals surface area contributed by atoms with E-state index in [1.54, 1.807) is 6.20 Å². The van der Waals surface area contributed by atoms with Crippen LogP contribution < -0.4 is 5.32 Å². The van der Waals surface area contributed by atoms with Crippen LogP contribution in [-0.2, 0) is 11.3 Å². The quantitative estimate of drug-likeness (QED) is 0.349. The average Bonchev–Trinajstić information content (AvgIpc) is 2.80. The van der Waals surface area contributed by atoms with Gasteiger partial charge in [0, 0.05) is 40.9 Å².